The molecule has 0 radical (unpaired) electrons. The van der Waals surface area contributed by atoms with Gasteiger partial charge in [0.25, 0.3) is 0 Å². The molecule has 0 saturated carbocycles. The second-order valence-electron chi connectivity index (χ2n) is 15.6. The summed E-state index contributed by atoms with van der Waals surface area (Å²) < 4.78 is 7.64. The maximum atomic E-state index is 2.66. The molecule has 0 bridgehead atoms. The summed E-state index contributed by atoms with van der Waals surface area (Å²) in [5, 5.41) is 16.7. The van der Waals surface area contributed by atoms with Crippen molar-refractivity contribution in [2.24, 2.45) is 0 Å². The first kappa shape index (κ1) is 30.9. The van der Waals surface area contributed by atoms with Crippen LogP contribution in [0.5, 0.6) is 0 Å². The van der Waals surface area contributed by atoms with Crippen LogP contribution in [0.3, 0.4) is 0 Å². The monoisotopic (exact) mass is 725 g/mol. The van der Waals surface area contributed by atoms with E-state index in [0.29, 0.717) is 0 Å². The number of aromatic nitrogens is 3. The van der Waals surface area contributed by atoms with E-state index < -0.39 is 0 Å². The minimum Gasteiger partial charge on any atom is -0.331 e. The molecule has 1 aliphatic carbocycles. The average molecular weight is 726 g/mol. The molecule has 13 rings (SSSR count). The molecule has 1 unspecified atom stereocenters. The van der Waals surface area contributed by atoms with E-state index in [0.717, 1.165) is 6.42 Å². The van der Waals surface area contributed by atoms with Gasteiger partial charge in [-0.25, -0.2) is 0 Å². The van der Waals surface area contributed by atoms with Crippen LogP contribution in [-0.4, -0.2) is 13.7 Å². The van der Waals surface area contributed by atoms with E-state index in [1.807, 2.05) is 0 Å². The van der Waals surface area contributed by atoms with Crippen LogP contribution in [0, 0.1) is 0 Å². The molecule has 1 atom stereocenters. The van der Waals surface area contributed by atoms with E-state index in [1.54, 1.807) is 0 Å². The number of nitrogens with zero attached hydrogens (tertiary/aromatic N) is 3. The highest BCUT2D eigenvalue weighted by Crippen LogP contribution is 2.45. The van der Waals surface area contributed by atoms with Crippen molar-refractivity contribution in [2.75, 3.05) is 0 Å². The van der Waals surface area contributed by atoms with Crippen molar-refractivity contribution < 1.29 is 0 Å². The Labute approximate surface area is 327 Å². The lowest BCUT2D eigenvalue weighted by Crippen LogP contribution is -2.32. The van der Waals surface area contributed by atoms with Gasteiger partial charge in [-0.2, -0.15) is 0 Å². The Hall–Kier alpha value is -7.36. The summed E-state index contributed by atoms with van der Waals surface area (Å²) in [5.74, 6) is 0. The van der Waals surface area contributed by atoms with Crippen LogP contribution in [0.1, 0.15) is 12.5 Å². The van der Waals surface area contributed by atoms with E-state index in [1.165, 1.54) is 109 Å². The van der Waals surface area contributed by atoms with E-state index in [-0.39, 0.29) is 6.04 Å². The summed E-state index contributed by atoms with van der Waals surface area (Å²) in [7, 11) is 0. The largest absolute Gasteiger partial charge is 0.331 e. The zero-order chi connectivity index (χ0) is 37.2. The van der Waals surface area contributed by atoms with Gasteiger partial charge in [-0.3, -0.25) is 0 Å². The first-order chi connectivity index (χ1) is 28.3. The van der Waals surface area contributed by atoms with Gasteiger partial charge in [0.15, 0.2) is 0 Å². The zero-order valence-corrected chi connectivity index (χ0v) is 31.1. The van der Waals surface area contributed by atoms with Crippen molar-refractivity contribution in [3.8, 4) is 11.4 Å². The molecule has 9 aromatic carbocycles. The Morgan fingerprint density at radius 3 is 1.53 bits per heavy atom. The Kier molecular flexibility index (Phi) is 6.28. The maximum absolute atomic E-state index is 2.66. The summed E-state index contributed by atoms with van der Waals surface area (Å²) in [5.41, 5.74) is 8.60. The van der Waals surface area contributed by atoms with Crippen LogP contribution in [0.15, 0.2) is 182 Å². The van der Waals surface area contributed by atoms with E-state index in [4.69, 9.17) is 0 Å². The molecule has 0 fully saturated rings. The van der Waals surface area contributed by atoms with Crippen LogP contribution >= 0.6 is 0 Å². The van der Waals surface area contributed by atoms with Gasteiger partial charge in [0, 0.05) is 54.4 Å². The Bertz CT molecular complexity index is 3770. The summed E-state index contributed by atoms with van der Waals surface area (Å²) in [6, 6.07) is 67.3. The highest BCUT2D eigenvalue weighted by molar-refractivity contribution is 6.30. The minimum atomic E-state index is 0.106. The maximum Gasteiger partial charge on any atom is 0.0785 e. The van der Waals surface area contributed by atoms with Gasteiger partial charge >= 0.3 is 0 Å². The zero-order valence-electron chi connectivity index (χ0n) is 31.1. The molecule has 0 spiro atoms. The van der Waals surface area contributed by atoms with E-state index >= 15 is 0 Å². The predicted octanol–water partition coefficient (Wildman–Crippen LogP) is 12.5. The van der Waals surface area contributed by atoms with Gasteiger partial charge in [0.2, 0.25) is 0 Å². The van der Waals surface area contributed by atoms with Crippen molar-refractivity contribution >= 4 is 99.0 Å². The molecule has 12 aromatic rings. The Morgan fingerprint density at radius 1 is 0.351 bits per heavy atom. The van der Waals surface area contributed by atoms with Crippen LogP contribution in [0.4, 0.5) is 0 Å². The lowest BCUT2D eigenvalue weighted by molar-refractivity contribution is 0.693. The number of benzene rings is 9. The Balaban J connectivity index is 1.19. The smallest absolute Gasteiger partial charge is 0.0785 e. The Morgan fingerprint density at radius 2 is 0.860 bits per heavy atom. The van der Waals surface area contributed by atoms with Crippen molar-refractivity contribution in [3.05, 3.63) is 193 Å². The molecule has 3 aromatic heterocycles. The number of para-hydroxylation sites is 4. The highest BCUT2D eigenvalue weighted by Gasteiger charge is 2.25. The fourth-order valence-corrected chi connectivity index (χ4v) is 10.4. The second kappa shape index (κ2) is 11.6. The second-order valence-corrected chi connectivity index (χ2v) is 15.6. The molecular weight excluding hydrogens is 691 g/mol. The molecule has 266 valence electrons. The van der Waals surface area contributed by atoms with Gasteiger partial charge in [0.1, 0.15) is 0 Å². The van der Waals surface area contributed by atoms with Gasteiger partial charge < -0.3 is 13.7 Å². The minimum absolute atomic E-state index is 0.106. The van der Waals surface area contributed by atoms with Crippen LogP contribution in [-0.2, 0) is 0 Å². The normalized spacial score (nSPS) is 14.4. The molecule has 0 saturated heterocycles. The van der Waals surface area contributed by atoms with Gasteiger partial charge in [-0.15, -0.1) is 0 Å². The molecular formula is C54H35N3. The summed E-state index contributed by atoms with van der Waals surface area (Å²) >= 11 is 0. The summed E-state index contributed by atoms with van der Waals surface area (Å²) in [6.07, 6.45) is 5.90. The third-order valence-corrected chi connectivity index (χ3v) is 12.7. The third-order valence-electron chi connectivity index (χ3n) is 12.7. The number of hydrogen-bond donors (Lipinski definition) is 0. The van der Waals surface area contributed by atoms with E-state index in [9.17, 15) is 0 Å². The van der Waals surface area contributed by atoms with Crippen LogP contribution in [0.2, 0.25) is 0 Å². The molecule has 0 N–H and O–H groups in total. The van der Waals surface area contributed by atoms with Gasteiger partial charge in [-0.1, -0.05) is 146 Å². The fraction of sp³-hybridized carbons (Fsp3) is 0.0370. The van der Waals surface area contributed by atoms with Crippen LogP contribution in [0.25, 0.3) is 110 Å². The molecule has 3 heterocycles. The SMILES string of the molecule is C1=c2c(n(-c3ccccc3)c3ccccc23)=CCC1n1c2ccccc2c2ccc3c4cc5c6ccccc6c6ccccc6c5cc4n(-c4ccccc4)c3c21. The third kappa shape index (κ3) is 4.20. The number of rotatable bonds is 3. The van der Waals surface area contributed by atoms with Gasteiger partial charge in [-0.05, 0) is 87.3 Å². The quantitative estimate of drug-likeness (QED) is 0.161. The number of fused-ring (bicyclic) bond motifs is 16. The van der Waals surface area contributed by atoms with Gasteiger partial charge in [0.05, 0.1) is 28.1 Å². The average Bonchev–Trinajstić information content (AvgIpc) is 3.92. The molecule has 3 heteroatoms. The van der Waals surface area contributed by atoms with Crippen molar-refractivity contribution in [1.29, 1.82) is 0 Å². The fourth-order valence-electron chi connectivity index (χ4n) is 10.4. The topological polar surface area (TPSA) is 14.8 Å². The predicted molar refractivity (Wildman–Crippen MR) is 241 cm³/mol. The molecule has 1 aliphatic rings. The molecule has 0 aliphatic heterocycles. The standard InChI is InChI=1S/C54H35N3/c1-3-15-34(16-4-1)55-49-25-13-12-24-42(49)47-31-36(27-30-51(47)55)57-50-26-14-11-23-41(50)43-28-29-44-48-32-45-39-21-9-7-19-37(39)38-20-8-10-22-40(38)46(45)33-52(48)56(54(44)53(43)57)35-17-5-2-6-18-35/h1-26,28-33,36H,27H2. The number of hydrogen-bond acceptors (Lipinski definition) is 0. The van der Waals surface area contributed by atoms with Crippen LogP contribution < -0.4 is 10.6 Å². The van der Waals surface area contributed by atoms with Crippen molar-refractivity contribution in [3.63, 3.8) is 0 Å². The molecule has 3 nitrogen and oxygen atoms in total. The summed E-state index contributed by atoms with van der Waals surface area (Å²) in [4.78, 5) is 0. The van der Waals surface area contributed by atoms with Crippen molar-refractivity contribution in [1.82, 2.24) is 13.7 Å². The summed E-state index contributed by atoms with van der Waals surface area (Å²) in [6.45, 7) is 0. The molecule has 0 amide bonds. The first-order valence-corrected chi connectivity index (χ1v) is 20.0. The molecule has 57 heavy (non-hydrogen) atoms. The lowest BCUT2D eigenvalue weighted by Gasteiger charge is -2.20. The first-order valence-electron chi connectivity index (χ1n) is 20.0. The van der Waals surface area contributed by atoms with E-state index in [2.05, 4.69) is 208 Å². The lowest BCUT2D eigenvalue weighted by atomic mass is 9.93. The highest BCUT2D eigenvalue weighted by atomic mass is 15.1. The van der Waals surface area contributed by atoms with Crippen molar-refractivity contribution in [2.45, 2.75) is 12.5 Å².